The molecule has 2 aliphatic rings. The highest BCUT2D eigenvalue weighted by Crippen LogP contribution is 2.32. The van der Waals surface area contributed by atoms with Crippen LogP contribution in [0.15, 0.2) is 18.2 Å². The zero-order valence-electron chi connectivity index (χ0n) is 24.1. The summed E-state index contributed by atoms with van der Waals surface area (Å²) in [6, 6.07) is 4.16. The molecule has 0 radical (unpaired) electrons. The van der Waals surface area contributed by atoms with E-state index < -0.39 is 29.4 Å². The van der Waals surface area contributed by atoms with Gasteiger partial charge in [-0.2, -0.15) is 0 Å². The van der Waals surface area contributed by atoms with E-state index in [2.05, 4.69) is 16.0 Å². The number of hydrogen-bond donors (Lipinski definition) is 3. The Morgan fingerprint density at radius 3 is 2.10 bits per heavy atom. The lowest BCUT2D eigenvalue weighted by molar-refractivity contribution is -0.136. The molecule has 0 saturated carbocycles. The van der Waals surface area contributed by atoms with Gasteiger partial charge in [0.15, 0.2) is 0 Å². The van der Waals surface area contributed by atoms with Gasteiger partial charge < -0.3 is 15.4 Å². The first kappa shape index (κ1) is 31.1. The number of unbranched alkanes of at least 4 members (excludes halogenated alkanes) is 9. The summed E-state index contributed by atoms with van der Waals surface area (Å²) in [5, 5.41) is 8.32. The lowest BCUT2D eigenvalue weighted by Gasteiger charge is -2.27. The summed E-state index contributed by atoms with van der Waals surface area (Å²) in [6.07, 6.45) is 11.1. The number of alkyl carbamates (subject to hydrolysis) is 1. The van der Waals surface area contributed by atoms with Crippen LogP contribution in [0, 0.1) is 0 Å². The fraction of sp³-hybridized carbons (Fsp3) is 0.633. The highest BCUT2D eigenvalue weighted by Gasteiger charge is 2.45. The molecule has 0 aliphatic carbocycles. The number of nitrogens with one attached hydrogen (secondary N) is 3. The molecule has 10 heteroatoms. The zero-order valence-corrected chi connectivity index (χ0v) is 24.1. The van der Waals surface area contributed by atoms with Gasteiger partial charge >= 0.3 is 6.09 Å². The first-order valence-corrected chi connectivity index (χ1v) is 14.6. The first-order valence-electron chi connectivity index (χ1n) is 14.6. The number of carbonyl (C=O) groups excluding carboxylic acids is 5. The third-order valence-corrected chi connectivity index (χ3v) is 7.06. The van der Waals surface area contributed by atoms with Gasteiger partial charge in [0.25, 0.3) is 11.8 Å². The van der Waals surface area contributed by atoms with E-state index in [0.717, 1.165) is 37.0 Å². The molecule has 5 amide bonds. The van der Waals surface area contributed by atoms with E-state index in [1.54, 1.807) is 18.2 Å². The molecule has 0 spiro atoms. The Hall–Kier alpha value is -3.43. The molecule has 2 aliphatic heterocycles. The maximum Gasteiger partial charge on any atom is 0.407 e. The number of imide groups is 2. The minimum absolute atomic E-state index is 0.101. The molecule has 0 aromatic heterocycles. The summed E-state index contributed by atoms with van der Waals surface area (Å²) in [4.78, 5) is 62.4. The van der Waals surface area contributed by atoms with Crippen LogP contribution in [-0.2, 0) is 14.3 Å². The summed E-state index contributed by atoms with van der Waals surface area (Å²) >= 11 is 0. The van der Waals surface area contributed by atoms with Gasteiger partial charge in [-0.3, -0.25) is 29.4 Å². The number of rotatable bonds is 15. The van der Waals surface area contributed by atoms with E-state index in [-0.39, 0.29) is 24.8 Å². The molecule has 1 atom stereocenters. The second kappa shape index (κ2) is 14.8. The van der Waals surface area contributed by atoms with Crippen LogP contribution in [0.1, 0.15) is 119 Å². The molecule has 10 nitrogen and oxygen atoms in total. The average Bonchev–Trinajstić information content (AvgIpc) is 3.13. The lowest BCUT2D eigenvalue weighted by Crippen LogP contribution is -2.54. The molecule has 220 valence electrons. The van der Waals surface area contributed by atoms with E-state index >= 15 is 0 Å². The number of anilines is 1. The number of fused-ring (bicyclic) bond motifs is 1. The fourth-order valence-electron chi connectivity index (χ4n) is 5.05. The summed E-state index contributed by atoms with van der Waals surface area (Å²) in [6.45, 7) is 6.90. The first-order chi connectivity index (χ1) is 19.1. The van der Waals surface area contributed by atoms with E-state index in [1.165, 1.54) is 32.1 Å². The van der Waals surface area contributed by atoms with E-state index in [0.29, 0.717) is 29.9 Å². The summed E-state index contributed by atoms with van der Waals surface area (Å²) in [5.74, 6) is -1.97. The fourth-order valence-corrected chi connectivity index (χ4v) is 5.05. The molecule has 1 aromatic rings. The molecule has 1 aromatic carbocycles. The van der Waals surface area contributed by atoms with Crippen molar-refractivity contribution < 1.29 is 28.7 Å². The second-order valence-electron chi connectivity index (χ2n) is 11.6. The molecular weight excluding hydrogens is 512 g/mol. The quantitative estimate of drug-likeness (QED) is 0.206. The van der Waals surface area contributed by atoms with Gasteiger partial charge in [-0.1, -0.05) is 57.4 Å². The van der Waals surface area contributed by atoms with E-state index in [9.17, 15) is 24.0 Å². The van der Waals surface area contributed by atoms with Crippen molar-refractivity contribution in [3.63, 3.8) is 0 Å². The normalized spacial score (nSPS) is 17.1. The monoisotopic (exact) mass is 556 g/mol. The van der Waals surface area contributed by atoms with Gasteiger partial charge in [0.2, 0.25) is 11.8 Å². The maximum absolute atomic E-state index is 13.1. The molecule has 3 N–H and O–H groups in total. The lowest BCUT2D eigenvalue weighted by atomic mass is 10.0. The summed E-state index contributed by atoms with van der Waals surface area (Å²) in [5.41, 5.74) is 0.734. The maximum atomic E-state index is 13.1. The molecule has 40 heavy (non-hydrogen) atoms. The minimum Gasteiger partial charge on any atom is -0.444 e. The number of hydrogen-bond acceptors (Lipinski definition) is 7. The van der Waals surface area contributed by atoms with Crippen LogP contribution in [0.4, 0.5) is 10.5 Å². The van der Waals surface area contributed by atoms with Gasteiger partial charge in [0.1, 0.15) is 11.6 Å². The van der Waals surface area contributed by atoms with Gasteiger partial charge in [-0.15, -0.1) is 0 Å². The average molecular weight is 557 g/mol. The van der Waals surface area contributed by atoms with Crippen molar-refractivity contribution in [1.82, 2.24) is 15.5 Å². The highest BCUT2D eigenvalue weighted by atomic mass is 16.6. The Bertz CT molecular complexity index is 1080. The Labute approximate surface area is 237 Å². The van der Waals surface area contributed by atoms with Crippen LogP contribution in [0.25, 0.3) is 0 Å². The number of nitrogens with zero attached hydrogens (tertiary/aromatic N) is 1. The van der Waals surface area contributed by atoms with Crippen LogP contribution in [0.5, 0.6) is 0 Å². The molecule has 3 rings (SSSR count). The molecule has 1 saturated heterocycles. The largest absolute Gasteiger partial charge is 0.444 e. The smallest absolute Gasteiger partial charge is 0.407 e. The molecule has 1 unspecified atom stereocenters. The number of benzene rings is 1. The van der Waals surface area contributed by atoms with Crippen LogP contribution < -0.4 is 16.0 Å². The predicted octanol–water partition coefficient (Wildman–Crippen LogP) is 4.93. The number of carbonyl (C=O) groups is 5. The Morgan fingerprint density at radius 1 is 0.900 bits per heavy atom. The van der Waals surface area contributed by atoms with Gasteiger partial charge in [-0.25, -0.2) is 4.79 Å². The Kier molecular flexibility index (Phi) is 11.5. The van der Waals surface area contributed by atoms with E-state index in [4.69, 9.17) is 4.74 Å². The number of amides is 5. The van der Waals surface area contributed by atoms with Crippen molar-refractivity contribution in [3.8, 4) is 0 Å². The SMILES string of the molecule is CC(C)(C)OC(=O)NCCCCCCCCCCCCNc1cccc2c1C(=O)N(C1CCC(=O)NC1=O)C2=O. The number of ether oxygens (including phenoxy) is 1. The topological polar surface area (TPSA) is 134 Å². The second-order valence-corrected chi connectivity index (χ2v) is 11.6. The van der Waals surface area contributed by atoms with Crippen molar-refractivity contribution in [2.24, 2.45) is 0 Å². The van der Waals surface area contributed by atoms with Gasteiger partial charge in [0.05, 0.1) is 11.1 Å². The third-order valence-electron chi connectivity index (χ3n) is 7.06. The Morgan fingerprint density at radius 2 is 1.50 bits per heavy atom. The molecule has 2 heterocycles. The molecule has 1 fully saturated rings. The summed E-state index contributed by atoms with van der Waals surface area (Å²) < 4.78 is 5.22. The van der Waals surface area contributed by atoms with Crippen LogP contribution in [0.3, 0.4) is 0 Å². The highest BCUT2D eigenvalue weighted by molar-refractivity contribution is 6.25. The van der Waals surface area contributed by atoms with Crippen molar-refractivity contribution >= 4 is 35.4 Å². The Balaban J connectivity index is 1.25. The van der Waals surface area contributed by atoms with Crippen molar-refractivity contribution in [2.75, 3.05) is 18.4 Å². The number of piperidine rings is 1. The van der Waals surface area contributed by atoms with Crippen molar-refractivity contribution in [1.29, 1.82) is 0 Å². The summed E-state index contributed by atoms with van der Waals surface area (Å²) in [7, 11) is 0. The van der Waals surface area contributed by atoms with Crippen LogP contribution in [0.2, 0.25) is 0 Å². The minimum atomic E-state index is -0.959. The van der Waals surface area contributed by atoms with Crippen molar-refractivity contribution in [3.05, 3.63) is 29.3 Å². The van der Waals surface area contributed by atoms with Crippen molar-refractivity contribution in [2.45, 2.75) is 109 Å². The van der Waals surface area contributed by atoms with Gasteiger partial charge in [0, 0.05) is 25.2 Å². The van der Waals surface area contributed by atoms with E-state index in [1.807, 2.05) is 20.8 Å². The standard InChI is InChI=1S/C30H44N4O6/c1-30(2,3)40-29(39)32-20-13-11-9-7-5-4-6-8-10-12-19-31-22-16-14-15-21-25(22)28(38)34(27(21)37)23-17-18-24(35)33-26(23)36/h14-16,23,31H,4-13,17-20H2,1-3H3,(H,32,39)(H,33,35,36). The molecule has 0 bridgehead atoms. The zero-order chi connectivity index (χ0) is 29.1. The van der Waals surface area contributed by atoms with Crippen LogP contribution >= 0.6 is 0 Å². The predicted molar refractivity (Wildman–Crippen MR) is 152 cm³/mol. The molecular formula is C30H44N4O6. The van der Waals surface area contributed by atoms with Gasteiger partial charge in [-0.05, 0) is 52.2 Å². The van der Waals surface area contributed by atoms with Crippen LogP contribution in [-0.4, -0.2) is 59.4 Å². The third kappa shape index (κ3) is 9.06.